The second-order valence-electron chi connectivity index (χ2n) is 11.4. The molecule has 1 saturated carbocycles. The van der Waals surface area contributed by atoms with Gasteiger partial charge in [-0.25, -0.2) is 4.74 Å². The van der Waals surface area contributed by atoms with Gasteiger partial charge in [0.15, 0.2) is 0 Å². The molecule has 0 heterocycles. The van der Waals surface area contributed by atoms with E-state index in [4.69, 9.17) is 9.29 Å². The topological polar surface area (TPSA) is 89.9 Å². The van der Waals surface area contributed by atoms with Crippen LogP contribution in [0.15, 0.2) is 0 Å². The van der Waals surface area contributed by atoms with Gasteiger partial charge in [-0.05, 0) is 42.9 Å². The van der Waals surface area contributed by atoms with Crippen LogP contribution in [0.3, 0.4) is 0 Å². The molecule has 214 valence electrons. The van der Waals surface area contributed by atoms with E-state index in [1.807, 2.05) is 20.8 Å². The number of rotatable bonds is 9. The molecule has 6 nitrogen and oxygen atoms in total. The number of alkyl halides is 8. The normalized spacial score (nSPS) is 22.3. The van der Waals surface area contributed by atoms with Gasteiger partial charge in [0.25, 0.3) is 0 Å². The van der Waals surface area contributed by atoms with Crippen molar-refractivity contribution in [3.63, 3.8) is 0 Å². The second-order valence-corrected chi connectivity index (χ2v) is 12.8. The molecule has 3 atom stereocenters. The van der Waals surface area contributed by atoms with Crippen LogP contribution in [0.4, 0.5) is 35.1 Å². The number of esters is 1. The molecule has 0 spiro atoms. The Balaban J connectivity index is 3.10. The summed E-state index contributed by atoms with van der Waals surface area (Å²) in [5.41, 5.74) is -0.930. The van der Waals surface area contributed by atoms with Gasteiger partial charge in [-0.3, -0.25) is 9.35 Å². The fraction of sp³-hybridized carbons (Fsp3) is 0.952. The zero-order valence-corrected chi connectivity index (χ0v) is 21.5. The zero-order chi connectivity index (χ0) is 28.8. The average molecular weight is 565 g/mol. The highest BCUT2D eigenvalue weighted by molar-refractivity contribution is 7.86. The number of hydrogen-bond acceptors (Lipinski definition) is 5. The van der Waals surface area contributed by atoms with Crippen molar-refractivity contribution in [1.29, 1.82) is 0 Å². The molecule has 0 amide bonds. The van der Waals surface area contributed by atoms with Crippen molar-refractivity contribution in [1.82, 2.24) is 0 Å². The molecule has 1 fully saturated rings. The maximum Gasteiger partial charge on any atom is 0.460 e. The largest absolute Gasteiger partial charge is 0.462 e. The van der Waals surface area contributed by atoms with Crippen LogP contribution >= 0.6 is 0 Å². The molecule has 1 rings (SSSR count). The van der Waals surface area contributed by atoms with Crippen molar-refractivity contribution in [2.24, 2.45) is 22.7 Å². The minimum atomic E-state index is -7.00. The van der Waals surface area contributed by atoms with Crippen molar-refractivity contribution in [2.75, 3.05) is 0 Å². The van der Waals surface area contributed by atoms with Crippen LogP contribution in [0.2, 0.25) is 0 Å². The maximum atomic E-state index is 14.6. The lowest BCUT2D eigenvalue weighted by Crippen LogP contribution is -2.58. The molecule has 0 aromatic heterocycles. The molecular weight excluding hydrogens is 532 g/mol. The summed E-state index contributed by atoms with van der Waals surface area (Å²) >= 11 is 0. The maximum absolute atomic E-state index is 14.6. The van der Waals surface area contributed by atoms with E-state index < -0.39 is 75.7 Å². The molecule has 0 aliphatic heterocycles. The first-order valence-electron chi connectivity index (χ1n) is 11.0. The van der Waals surface area contributed by atoms with E-state index in [9.17, 15) is 48.3 Å². The monoisotopic (exact) mass is 564 g/mol. The highest BCUT2D eigenvalue weighted by atomic mass is 32.2. The predicted octanol–water partition coefficient (Wildman–Crippen LogP) is 6.51. The number of hydrogen-bond donors (Lipinski definition) is 1. The first-order valence-corrected chi connectivity index (χ1v) is 12.5. The van der Waals surface area contributed by atoms with E-state index in [1.165, 1.54) is 0 Å². The van der Waals surface area contributed by atoms with Gasteiger partial charge in [-0.15, -0.1) is 0 Å². The van der Waals surface area contributed by atoms with Crippen molar-refractivity contribution in [3.05, 3.63) is 0 Å². The average Bonchev–Trinajstić information content (AvgIpc) is 2.62. The van der Waals surface area contributed by atoms with Gasteiger partial charge < -0.3 is 4.74 Å². The second kappa shape index (κ2) is 10.2. The minimum absolute atomic E-state index is 0.00805. The summed E-state index contributed by atoms with van der Waals surface area (Å²) in [5.74, 6) is -9.38. The lowest BCUT2D eigenvalue weighted by atomic mass is 9.72. The summed E-state index contributed by atoms with van der Waals surface area (Å²) in [6, 6.07) is 0. The summed E-state index contributed by atoms with van der Waals surface area (Å²) in [4.78, 5) is 12.8. The summed E-state index contributed by atoms with van der Waals surface area (Å²) in [7, 11) is -7.00. The Kier molecular flexibility index (Phi) is 9.26. The molecule has 1 N–H and O–H groups in total. The van der Waals surface area contributed by atoms with Crippen LogP contribution in [0.5, 0.6) is 0 Å². The number of carbonyl (C=O) groups is 1. The molecule has 0 radical (unpaired) electrons. The van der Waals surface area contributed by atoms with Gasteiger partial charge >= 0.3 is 39.5 Å². The van der Waals surface area contributed by atoms with Gasteiger partial charge in [0, 0.05) is 5.92 Å². The molecule has 0 saturated heterocycles. The molecule has 15 heteroatoms. The Morgan fingerprint density at radius 2 is 1.42 bits per heavy atom. The molecule has 3 unspecified atom stereocenters. The van der Waals surface area contributed by atoms with E-state index in [0.717, 1.165) is 0 Å². The quantitative estimate of drug-likeness (QED) is 0.195. The van der Waals surface area contributed by atoms with Crippen LogP contribution in [0.25, 0.3) is 0 Å². The third kappa shape index (κ3) is 7.42. The van der Waals surface area contributed by atoms with E-state index >= 15 is 0 Å². The fourth-order valence-electron chi connectivity index (χ4n) is 3.86. The van der Waals surface area contributed by atoms with Gasteiger partial charge in [0.2, 0.25) is 0 Å². The number of ether oxygens (including phenoxy) is 2. The van der Waals surface area contributed by atoms with Crippen LogP contribution in [-0.4, -0.2) is 48.4 Å². The van der Waals surface area contributed by atoms with Gasteiger partial charge in [-0.2, -0.15) is 43.5 Å². The smallest absolute Gasteiger partial charge is 0.460 e. The van der Waals surface area contributed by atoms with Crippen LogP contribution in [0, 0.1) is 22.7 Å². The fourth-order valence-corrected chi connectivity index (χ4v) is 4.20. The zero-order valence-electron chi connectivity index (χ0n) is 20.7. The first-order chi connectivity index (χ1) is 15.7. The molecule has 0 aromatic carbocycles. The predicted molar refractivity (Wildman–Crippen MR) is 111 cm³/mol. The van der Waals surface area contributed by atoms with Crippen LogP contribution < -0.4 is 0 Å². The van der Waals surface area contributed by atoms with Crippen molar-refractivity contribution in [3.8, 4) is 0 Å². The van der Waals surface area contributed by atoms with Crippen molar-refractivity contribution in [2.45, 2.75) is 103 Å². The van der Waals surface area contributed by atoms with Gasteiger partial charge in [0.1, 0.15) is 6.10 Å². The Hall–Kier alpha value is -1.22. The molecule has 0 aromatic rings. The SMILES string of the molecule is CC(C)(C)CC(C(=O)OC1CCCC(C(F)(F)C(F)(F)OC(F)(F)C(F)(F)S(=O)(=O)O)C1)C(C)(C)C. The van der Waals surface area contributed by atoms with E-state index in [-0.39, 0.29) is 18.3 Å². The lowest BCUT2D eigenvalue weighted by molar-refractivity contribution is -0.463. The third-order valence-corrected chi connectivity index (χ3v) is 6.76. The summed E-state index contributed by atoms with van der Waals surface area (Å²) in [5, 5.41) is -6.64. The highest BCUT2D eigenvalue weighted by Gasteiger charge is 2.75. The Bertz CT molecular complexity index is 893. The molecule has 36 heavy (non-hydrogen) atoms. The standard InChI is InChI=1S/C21H32F8O6S/c1-16(2,3)11-14(17(4,5)6)15(30)34-13-9-7-8-12(10-13)18(22,23)19(24,25)35-20(26,27)21(28,29)36(31,32)33/h12-14H,7-11H2,1-6H3,(H,31,32,33). The van der Waals surface area contributed by atoms with E-state index in [1.54, 1.807) is 20.8 Å². The minimum Gasteiger partial charge on any atom is -0.462 e. The molecule has 0 bridgehead atoms. The number of halogens is 8. The Labute approximate surface area is 204 Å². The Morgan fingerprint density at radius 3 is 1.83 bits per heavy atom. The van der Waals surface area contributed by atoms with Gasteiger partial charge in [0.05, 0.1) is 5.92 Å². The third-order valence-electron chi connectivity index (χ3n) is 5.88. The summed E-state index contributed by atoms with van der Waals surface area (Å²) < 4.78 is 148. The molecular formula is C21H32F8O6S. The first kappa shape index (κ1) is 32.8. The Morgan fingerprint density at radius 1 is 0.917 bits per heavy atom. The highest BCUT2D eigenvalue weighted by Crippen LogP contribution is 2.51. The summed E-state index contributed by atoms with van der Waals surface area (Å²) in [6.45, 7) is 10.8. The van der Waals surface area contributed by atoms with E-state index in [2.05, 4.69) is 4.74 Å². The summed E-state index contributed by atoms with van der Waals surface area (Å²) in [6.07, 6.45) is -15.7. The van der Waals surface area contributed by atoms with Gasteiger partial charge in [-0.1, -0.05) is 41.5 Å². The molecule has 1 aliphatic rings. The van der Waals surface area contributed by atoms with Crippen LogP contribution in [-0.2, 0) is 24.4 Å². The van der Waals surface area contributed by atoms with Crippen LogP contribution in [0.1, 0.15) is 73.6 Å². The lowest BCUT2D eigenvalue weighted by Gasteiger charge is -2.39. The number of carbonyl (C=O) groups excluding carboxylic acids is 1. The van der Waals surface area contributed by atoms with Crippen molar-refractivity contribution < 1.29 is 62.4 Å². The van der Waals surface area contributed by atoms with Crippen molar-refractivity contribution >= 4 is 16.1 Å². The molecule has 1 aliphatic carbocycles. The van der Waals surface area contributed by atoms with E-state index in [0.29, 0.717) is 6.42 Å².